The molecule has 0 radical (unpaired) electrons. The highest BCUT2D eigenvalue weighted by Gasteiger charge is 2.44. The van der Waals surface area contributed by atoms with Crippen molar-refractivity contribution in [3.05, 3.63) is 47.8 Å². The predicted octanol–water partition coefficient (Wildman–Crippen LogP) is 0.497. The molecule has 4 rings (SSSR count). The second-order valence-electron chi connectivity index (χ2n) is 6.71. The lowest BCUT2D eigenvalue weighted by Crippen LogP contribution is -2.33. The van der Waals surface area contributed by atoms with Crippen LogP contribution in [0.5, 0.6) is 0 Å². The zero-order chi connectivity index (χ0) is 19.8. The number of fused-ring (bicyclic) bond motifs is 1. The predicted molar refractivity (Wildman–Crippen MR) is 96.8 cm³/mol. The molecule has 3 aromatic rings. The summed E-state index contributed by atoms with van der Waals surface area (Å²) in [5, 5.41) is 32.6. The van der Waals surface area contributed by atoms with Gasteiger partial charge in [-0.3, -0.25) is 4.57 Å². The molecular formula is C18H20FN5O4. The van der Waals surface area contributed by atoms with E-state index in [-0.39, 0.29) is 5.82 Å². The van der Waals surface area contributed by atoms with Crippen molar-refractivity contribution in [1.82, 2.24) is 19.5 Å². The molecule has 4 N–H and O–H groups in total. The Balaban J connectivity index is 1.59. The van der Waals surface area contributed by atoms with E-state index in [0.29, 0.717) is 29.1 Å². The van der Waals surface area contributed by atoms with Crippen LogP contribution in [0.1, 0.15) is 17.4 Å². The average Bonchev–Trinajstić information content (AvgIpc) is 3.24. The number of imidazole rings is 1. The van der Waals surface area contributed by atoms with Gasteiger partial charge in [0.1, 0.15) is 30.5 Å². The number of aryl methyl sites for hydroxylation is 1. The van der Waals surface area contributed by atoms with Crippen LogP contribution in [0.4, 0.5) is 10.2 Å². The Bertz CT molecular complexity index is 997. The number of halogens is 1. The number of aromatic nitrogens is 4. The van der Waals surface area contributed by atoms with Gasteiger partial charge in [0.05, 0.1) is 12.9 Å². The number of aliphatic hydroxyl groups excluding tert-OH is 3. The van der Waals surface area contributed by atoms with Crippen molar-refractivity contribution in [2.24, 2.45) is 0 Å². The molecule has 9 nitrogen and oxygen atoms in total. The van der Waals surface area contributed by atoms with Crippen LogP contribution >= 0.6 is 0 Å². The minimum absolute atomic E-state index is 0.277. The number of anilines is 1. The molecule has 10 heteroatoms. The summed E-state index contributed by atoms with van der Waals surface area (Å²) < 4.78 is 20.7. The van der Waals surface area contributed by atoms with Gasteiger partial charge < -0.3 is 25.4 Å². The molecule has 0 bridgehead atoms. The monoisotopic (exact) mass is 389 g/mol. The summed E-state index contributed by atoms with van der Waals surface area (Å²) >= 11 is 0. The first-order chi connectivity index (χ1) is 13.5. The smallest absolute Gasteiger partial charge is 0.167 e. The third-order valence-corrected chi connectivity index (χ3v) is 4.85. The van der Waals surface area contributed by atoms with Gasteiger partial charge in [0.15, 0.2) is 23.2 Å². The van der Waals surface area contributed by atoms with Crippen LogP contribution < -0.4 is 5.32 Å². The Morgan fingerprint density at radius 3 is 2.75 bits per heavy atom. The van der Waals surface area contributed by atoms with Crippen molar-refractivity contribution in [3.8, 4) is 0 Å². The van der Waals surface area contributed by atoms with E-state index < -0.39 is 31.1 Å². The van der Waals surface area contributed by atoms with Gasteiger partial charge in [-0.25, -0.2) is 19.3 Å². The first-order valence-corrected chi connectivity index (χ1v) is 8.78. The van der Waals surface area contributed by atoms with Gasteiger partial charge in [-0.15, -0.1) is 0 Å². The summed E-state index contributed by atoms with van der Waals surface area (Å²) in [7, 11) is 0. The van der Waals surface area contributed by atoms with E-state index in [1.54, 1.807) is 13.0 Å². The minimum Gasteiger partial charge on any atom is -0.394 e. The van der Waals surface area contributed by atoms with Gasteiger partial charge in [-0.1, -0.05) is 12.1 Å². The van der Waals surface area contributed by atoms with Crippen molar-refractivity contribution >= 4 is 17.0 Å². The largest absolute Gasteiger partial charge is 0.394 e. The van der Waals surface area contributed by atoms with Crippen LogP contribution in [-0.4, -0.2) is 59.8 Å². The van der Waals surface area contributed by atoms with Crippen LogP contribution in [0, 0.1) is 12.7 Å². The number of rotatable bonds is 5. The highest BCUT2D eigenvalue weighted by Crippen LogP contribution is 2.32. The Labute approximate surface area is 159 Å². The van der Waals surface area contributed by atoms with Crippen LogP contribution in [-0.2, 0) is 11.3 Å². The Morgan fingerprint density at radius 2 is 2.04 bits per heavy atom. The van der Waals surface area contributed by atoms with E-state index in [2.05, 4.69) is 20.3 Å². The topological polar surface area (TPSA) is 126 Å². The summed E-state index contributed by atoms with van der Waals surface area (Å²) in [4.78, 5) is 12.7. The van der Waals surface area contributed by atoms with Gasteiger partial charge in [-0.2, -0.15) is 0 Å². The highest BCUT2D eigenvalue weighted by molar-refractivity contribution is 5.82. The van der Waals surface area contributed by atoms with E-state index in [4.69, 9.17) is 4.74 Å². The number of aliphatic hydroxyl groups is 3. The van der Waals surface area contributed by atoms with Crippen molar-refractivity contribution in [2.75, 3.05) is 11.9 Å². The van der Waals surface area contributed by atoms with Gasteiger partial charge in [0, 0.05) is 6.54 Å². The molecule has 1 fully saturated rings. The first-order valence-electron chi connectivity index (χ1n) is 8.78. The fraction of sp³-hybridized carbons (Fsp3) is 0.389. The number of ether oxygens (including phenoxy) is 1. The molecule has 0 saturated carbocycles. The average molecular weight is 389 g/mol. The van der Waals surface area contributed by atoms with E-state index in [9.17, 15) is 19.7 Å². The molecule has 3 heterocycles. The third kappa shape index (κ3) is 3.20. The van der Waals surface area contributed by atoms with Gasteiger partial charge in [0.25, 0.3) is 0 Å². The minimum atomic E-state index is -1.24. The van der Waals surface area contributed by atoms with E-state index in [0.717, 1.165) is 5.56 Å². The standard InChI is InChI=1S/C18H20FN5O4/c1-9-2-3-10(4-11(9)19)5-20-16-13-17(22-7-21-16)24(8-23-13)18-15(27)14(26)12(6-25)28-18/h2-4,7-8,12,14-15,18,25-27H,5-6H2,1H3,(H,20,21,22)/t12-,14-,15-,18?/m1/s1. The normalized spacial score (nSPS) is 24.8. The van der Waals surface area contributed by atoms with E-state index in [1.807, 2.05) is 6.07 Å². The molecule has 0 aliphatic carbocycles. The number of hydrogen-bond acceptors (Lipinski definition) is 8. The number of nitrogens with one attached hydrogen (secondary N) is 1. The molecule has 1 aromatic carbocycles. The maximum atomic E-state index is 13.7. The Hall–Kier alpha value is -2.66. The SMILES string of the molecule is Cc1ccc(CNc2ncnc3c2ncn3C2O[C@H](CO)[C@@H](O)[C@H]2O)cc1F. The van der Waals surface area contributed by atoms with Crippen LogP contribution in [0.2, 0.25) is 0 Å². The molecule has 0 spiro atoms. The van der Waals surface area contributed by atoms with Crippen LogP contribution in [0.25, 0.3) is 11.2 Å². The maximum absolute atomic E-state index is 13.7. The van der Waals surface area contributed by atoms with Gasteiger partial charge >= 0.3 is 0 Å². The van der Waals surface area contributed by atoms with Crippen molar-refractivity contribution in [1.29, 1.82) is 0 Å². The fourth-order valence-electron chi connectivity index (χ4n) is 3.21. The van der Waals surface area contributed by atoms with E-state index in [1.165, 1.54) is 23.3 Å². The lowest BCUT2D eigenvalue weighted by Gasteiger charge is -2.16. The van der Waals surface area contributed by atoms with Crippen molar-refractivity contribution in [3.63, 3.8) is 0 Å². The lowest BCUT2D eigenvalue weighted by molar-refractivity contribution is -0.0511. The highest BCUT2D eigenvalue weighted by atomic mass is 19.1. The first kappa shape index (κ1) is 18.7. The third-order valence-electron chi connectivity index (χ3n) is 4.85. The number of nitrogens with zero attached hydrogens (tertiary/aromatic N) is 4. The molecule has 28 heavy (non-hydrogen) atoms. The summed E-state index contributed by atoms with van der Waals surface area (Å²) in [6, 6.07) is 4.98. The van der Waals surface area contributed by atoms with Crippen LogP contribution in [0.3, 0.4) is 0 Å². The number of hydrogen-bond donors (Lipinski definition) is 4. The zero-order valence-corrected chi connectivity index (χ0v) is 15.0. The summed E-state index contributed by atoms with van der Waals surface area (Å²) in [5.74, 6) is 0.164. The van der Waals surface area contributed by atoms with Crippen molar-refractivity contribution in [2.45, 2.75) is 38.0 Å². The molecule has 148 valence electrons. The van der Waals surface area contributed by atoms with Crippen molar-refractivity contribution < 1.29 is 24.4 Å². The fourth-order valence-corrected chi connectivity index (χ4v) is 3.21. The molecule has 4 atom stereocenters. The molecule has 0 amide bonds. The lowest BCUT2D eigenvalue weighted by atomic mass is 10.1. The molecule has 1 aliphatic rings. The molecule has 1 aliphatic heterocycles. The summed E-state index contributed by atoms with van der Waals surface area (Å²) in [6.45, 7) is 1.62. The second kappa shape index (κ2) is 7.40. The van der Waals surface area contributed by atoms with Gasteiger partial charge in [0.2, 0.25) is 0 Å². The molecule has 1 saturated heterocycles. The number of benzene rings is 1. The van der Waals surface area contributed by atoms with Crippen LogP contribution in [0.15, 0.2) is 30.9 Å². The van der Waals surface area contributed by atoms with E-state index >= 15 is 0 Å². The molecular weight excluding hydrogens is 369 g/mol. The Morgan fingerprint density at radius 1 is 1.21 bits per heavy atom. The Kier molecular flexibility index (Phi) is 4.94. The summed E-state index contributed by atoms with van der Waals surface area (Å²) in [6.07, 6.45) is -1.53. The second-order valence-corrected chi connectivity index (χ2v) is 6.71. The quantitative estimate of drug-likeness (QED) is 0.497. The zero-order valence-electron chi connectivity index (χ0n) is 15.0. The molecule has 2 aromatic heterocycles. The van der Waals surface area contributed by atoms with Gasteiger partial charge in [-0.05, 0) is 24.1 Å². The molecule has 1 unspecified atom stereocenters. The maximum Gasteiger partial charge on any atom is 0.167 e. The summed E-state index contributed by atoms with van der Waals surface area (Å²) in [5.41, 5.74) is 2.15.